The Bertz CT molecular complexity index is 516. The summed E-state index contributed by atoms with van der Waals surface area (Å²) in [5, 5.41) is 0. The summed E-state index contributed by atoms with van der Waals surface area (Å²) in [6, 6.07) is 6.33. The van der Waals surface area contributed by atoms with Crippen LogP contribution in [-0.4, -0.2) is 55.5 Å². The van der Waals surface area contributed by atoms with Crippen LogP contribution in [0.4, 0.5) is 0 Å². The zero-order valence-electron chi connectivity index (χ0n) is 12.2. The molecule has 0 spiro atoms. The molecule has 112 valence electrons. The summed E-state index contributed by atoms with van der Waals surface area (Å²) in [6.45, 7) is 1.84. The van der Waals surface area contributed by atoms with E-state index >= 15 is 0 Å². The van der Waals surface area contributed by atoms with E-state index in [1.807, 2.05) is 18.3 Å². The van der Waals surface area contributed by atoms with Crippen molar-refractivity contribution in [1.29, 1.82) is 0 Å². The fourth-order valence-corrected chi connectivity index (χ4v) is 3.49. The van der Waals surface area contributed by atoms with E-state index in [1.165, 1.54) is 4.31 Å². The number of aromatic nitrogens is 1. The Labute approximate surface area is 121 Å². The highest BCUT2D eigenvalue weighted by Crippen LogP contribution is 2.30. The Kier molecular flexibility index (Phi) is 5.12. The van der Waals surface area contributed by atoms with Crippen LogP contribution in [0.5, 0.6) is 0 Å². The first kappa shape index (κ1) is 15.4. The van der Waals surface area contributed by atoms with Gasteiger partial charge in [0.2, 0.25) is 10.0 Å². The molecule has 1 aromatic rings. The lowest BCUT2D eigenvalue weighted by Gasteiger charge is -2.24. The van der Waals surface area contributed by atoms with E-state index in [4.69, 9.17) is 0 Å². The Morgan fingerprint density at radius 3 is 2.85 bits per heavy atom. The minimum Gasteiger partial charge on any atom is -0.295 e. The lowest BCUT2D eigenvalue weighted by molar-refractivity contribution is 0.253. The second-order valence-electron chi connectivity index (χ2n) is 5.40. The molecule has 1 atom stereocenters. The number of likely N-dealkylation sites (tertiary alicyclic amines) is 1. The van der Waals surface area contributed by atoms with Gasteiger partial charge in [0.05, 0.1) is 17.5 Å². The van der Waals surface area contributed by atoms with Crippen molar-refractivity contribution < 1.29 is 8.42 Å². The van der Waals surface area contributed by atoms with Crippen LogP contribution in [0.15, 0.2) is 24.4 Å². The highest BCUT2D eigenvalue weighted by atomic mass is 32.2. The largest absolute Gasteiger partial charge is 0.295 e. The third kappa shape index (κ3) is 3.77. The summed E-state index contributed by atoms with van der Waals surface area (Å²) < 4.78 is 24.8. The number of nitrogens with zero attached hydrogens (tertiary/aromatic N) is 3. The van der Waals surface area contributed by atoms with Crippen LogP contribution in [-0.2, 0) is 10.0 Å². The van der Waals surface area contributed by atoms with Crippen LogP contribution in [0, 0.1) is 0 Å². The van der Waals surface area contributed by atoms with Gasteiger partial charge in [-0.2, -0.15) is 0 Å². The standard InChI is InChI=1S/C14H23N3O2S/c1-16(2)20(18,19)12-6-11-17-10-5-8-14(17)13-7-3-4-9-15-13/h3-4,7,9,14H,5-6,8,10-12H2,1-2H3/t14-/m1/s1. The van der Waals surface area contributed by atoms with Crippen LogP contribution in [0.2, 0.25) is 0 Å². The first-order valence-corrected chi connectivity index (χ1v) is 8.67. The van der Waals surface area contributed by atoms with E-state index in [-0.39, 0.29) is 5.75 Å². The van der Waals surface area contributed by atoms with Crippen molar-refractivity contribution in [2.75, 3.05) is 32.9 Å². The minimum absolute atomic E-state index is 0.214. The van der Waals surface area contributed by atoms with Gasteiger partial charge >= 0.3 is 0 Å². The Morgan fingerprint density at radius 2 is 2.20 bits per heavy atom. The lowest BCUT2D eigenvalue weighted by Crippen LogP contribution is -2.29. The van der Waals surface area contributed by atoms with E-state index in [2.05, 4.69) is 16.0 Å². The van der Waals surface area contributed by atoms with Gasteiger partial charge in [0.1, 0.15) is 0 Å². The monoisotopic (exact) mass is 297 g/mol. The molecule has 1 aliphatic rings. The van der Waals surface area contributed by atoms with E-state index < -0.39 is 10.0 Å². The summed E-state index contributed by atoms with van der Waals surface area (Å²) in [5.41, 5.74) is 1.10. The molecular formula is C14H23N3O2S. The summed E-state index contributed by atoms with van der Waals surface area (Å²) in [6.07, 6.45) is 4.76. The zero-order valence-corrected chi connectivity index (χ0v) is 13.0. The van der Waals surface area contributed by atoms with Crippen molar-refractivity contribution in [3.05, 3.63) is 30.1 Å². The molecule has 0 aromatic carbocycles. The molecule has 1 fully saturated rings. The average Bonchev–Trinajstić information content (AvgIpc) is 2.88. The highest BCUT2D eigenvalue weighted by molar-refractivity contribution is 7.89. The third-order valence-corrected chi connectivity index (χ3v) is 5.71. The van der Waals surface area contributed by atoms with Crippen LogP contribution < -0.4 is 0 Å². The second kappa shape index (κ2) is 6.65. The molecule has 0 radical (unpaired) electrons. The Balaban J connectivity index is 1.90. The van der Waals surface area contributed by atoms with Gasteiger partial charge in [0.25, 0.3) is 0 Å². The average molecular weight is 297 g/mol. The van der Waals surface area contributed by atoms with Gasteiger partial charge in [-0.15, -0.1) is 0 Å². The lowest BCUT2D eigenvalue weighted by atomic mass is 10.1. The summed E-state index contributed by atoms with van der Waals surface area (Å²) in [4.78, 5) is 6.78. The Morgan fingerprint density at radius 1 is 1.40 bits per heavy atom. The number of sulfonamides is 1. The first-order chi connectivity index (χ1) is 9.50. The van der Waals surface area contributed by atoms with Crippen molar-refractivity contribution in [2.24, 2.45) is 0 Å². The quantitative estimate of drug-likeness (QED) is 0.798. The van der Waals surface area contributed by atoms with Crippen molar-refractivity contribution in [2.45, 2.75) is 25.3 Å². The molecule has 1 aliphatic heterocycles. The summed E-state index contributed by atoms with van der Waals surface area (Å²) in [7, 11) is 0.0894. The highest BCUT2D eigenvalue weighted by Gasteiger charge is 2.26. The second-order valence-corrected chi connectivity index (χ2v) is 7.70. The Hall–Kier alpha value is -0.980. The first-order valence-electron chi connectivity index (χ1n) is 7.06. The number of hydrogen-bond acceptors (Lipinski definition) is 4. The van der Waals surface area contributed by atoms with Gasteiger partial charge in [0.15, 0.2) is 0 Å². The molecule has 1 saturated heterocycles. The molecule has 2 heterocycles. The van der Waals surface area contributed by atoms with E-state index in [0.29, 0.717) is 12.5 Å². The van der Waals surface area contributed by atoms with Gasteiger partial charge in [0, 0.05) is 20.3 Å². The van der Waals surface area contributed by atoms with Crippen molar-refractivity contribution in [3.8, 4) is 0 Å². The van der Waals surface area contributed by atoms with Crippen LogP contribution in [0.3, 0.4) is 0 Å². The zero-order chi connectivity index (χ0) is 14.6. The van der Waals surface area contributed by atoms with Gasteiger partial charge in [-0.3, -0.25) is 9.88 Å². The van der Waals surface area contributed by atoms with Crippen LogP contribution in [0.1, 0.15) is 31.0 Å². The molecule has 1 aromatic heterocycles. The predicted molar refractivity (Wildman–Crippen MR) is 79.9 cm³/mol. The third-order valence-electron chi connectivity index (χ3n) is 3.80. The topological polar surface area (TPSA) is 53.5 Å². The fourth-order valence-electron chi connectivity index (χ4n) is 2.63. The van der Waals surface area contributed by atoms with Crippen molar-refractivity contribution >= 4 is 10.0 Å². The molecule has 0 bridgehead atoms. The normalized spacial score (nSPS) is 20.6. The maximum atomic E-state index is 11.8. The van der Waals surface area contributed by atoms with Crippen LogP contribution >= 0.6 is 0 Å². The molecule has 0 N–H and O–H groups in total. The van der Waals surface area contributed by atoms with Gasteiger partial charge in [-0.05, 0) is 44.5 Å². The van der Waals surface area contributed by atoms with Crippen LogP contribution in [0.25, 0.3) is 0 Å². The van der Waals surface area contributed by atoms with Crippen molar-refractivity contribution in [3.63, 3.8) is 0 Å². The van der Waals surface area contributed by atoms with E-state index in [9.17, 15) is 8.42 Å². The maximum absolute atomic E-state index is 11.8. The minimum atomic E-state index is -3.08. The maximum Gasteiger partial charge on any atom is 0.213 e. The molecule has 6 heteroatoms. The van der Waals surface area contributed by atoms with Crippen molar-refractivity contribution in [1.82, 2.24) is 14.2 Å². The smallest absolute Gasteiger partial charge is 0.213 e. The number of rotatable bonds is 6. The number of pyridine rings is 1. The van der Waals surface area contributed by atoms with E-state index in [1.54, 1.807) is 14.1 Å². The summed E-state index contributed by atoms with van der Waals surface area (Å²) >= 11 is 0. The molecule has 20 heavy (non-hydrogen) atoms. The summed E-state index contributed by atoms with van der Waals surface area (Å²) in [5.74, 6) is 0.214. The molecule has 0 aliphatic carbocycles. The molecule has 0 unspecified atom stereocenters. The fraction of sp³-hybridized carbons (Fsp3) is 0.643. The molecular weight excluding hydrogens is 274 g/mol. The van der Waals surface area contributed by atoms with E-state index in [0.717, 1.165) is 31.6 Å². The molecule has 5 nitrogen and oxygen atoms in total. The number of hydrogen-bond donors (Lipinski definition) is 0. The van der Waals surface area contributed by atoms with Gasteiger partial charge < -0.3 is 0 Å². The predicted octanol–water partition coefficient (Wildman–Crippen LogP) is 1.50. The molecule has 0 saturated carbocycles. The SMILES string of the molecule is CN(C)S(=O)(=O)CCCN1CCC[C@@H]1c1ccccn1. The van der Waals surface area contributed by atoms with Gasteiger partial charge in [-0.1, -0.05) is 6.07 Å². The molecule has 2 rings (SSSR count). The molecule has 0 amide bonds. The van der Waals surface area contributed by atoms with Gasteiger partial charge in [-0.25, -0.2) is 12.7 Å².